The summed E-state index contributed by atoms with van der Waals surface area (Å²) < 4.78 is 70.4. The van der Waals surface area contributed by atoms with Crippen LogP contribution in [0.4, 0.5) is 53.0 Å². The van der Waals surface area contributed by atoms with Crippen molar-refractivity contribution in [1.82, 2.24) is 45.9 Å². The lowest BCUT2D eigenvalue weighted by Crippen LogP contribution is -2.41. The second-order valence-corrected chi connectivity index (χ2v) is 36.3. The molecule has 4 fully saturated rings. The van der Waals surface area contributed by atoms with E-state index in [9.17, 15) is 19.2 Å². The Morgan fingerprint density at radius 3 is 0.953 bits per heavy atom. The lowest BCUT2D eigenvalue weighted by atomic mass is 9.78. The number of fused-ring (bicyclic) bond motifs is 9. The van der Waals surface area contributed by atoms with E-state index in [4.69, 9.17) is 135 Å². The molecule has 9 aromatic carbocycles. The topological polar surface area (TPSA) is 745 Å². The molecule has 0 atom stereocenters. The predicted molar refractivity (Wildman–Crippen MR) is 560 cm³/mol. The van der Waals surface area contributed by atoms with Gasteiger partial charge < -0.3 is 167 Å². The van der Waals surface area contributed by atoms with Crippen LogP contribution in [0, 0.1) is 0 Å². The average molecular weight is 2040 g/mol. The number of aromatic nitrogens is 9. The van der Waals surface area contributed by atoms with Gasteiger partial charge in [-0.05, 0) is 239 Å². The van der Waals surface area contributed by atoms with Crippen LogP contribution in [0.2, 0.25) is 0 Å². The van der Waals surface area contributed by atoms with Crippen LogP contribution in [0.5, 0.6) is 0 Å². The average Bonchev–Trinajstić information content (AvgIpc) is 1.61. The highest BCUT2D eigenvalue weighted by Gasteiger charge is 2.53. The lowest BCUT2D eigenvalue weighted by Gasteiger charge is -2.32. The molecule has 24 N–H and O–H groups in total. The molecule has 49 nitrogen and oxygen atoms in total. The summed E-state index contributed by atoms with van der Waals surface area (Å²) in [5.74, 6) is 2.30. The summed E-state index contributed by atoms with van der Waals surface area (Å²) in [5.41, 5.74) is 14.9. The van der Waals surface area contributed by atoms with E-state index in [1.165, 1.54) is 101 Å². The van der Waals surface area contributed by atoms with Crippen LogP contribution in [-0.2, 0) is 37.8 Å². The Hall–Kier alpha value is -15.0. The number of hydrogen-bond acceptors (Lipinski definition) is 45. The molecule has 2 saturated heterocycles. The van der Waals surface area contributed by atoms with Crippen LogP contribution in [0.15, 0.2) is 204 Å². The van der Waals surface area contributed by atoms with E-state index in [2.05, 4.69) is 122 Å². The Morgan fingerprint density at radius 1 is 0.302 bits per heavy atom. The van der Waals surface area contributed by atoms with Gasteiger partial charge in [-0.3, -0.25) is 29.8 Å². The number of nitrogens with zero attached hydrogens (tertiary/aromatic N) is 9. The highest BCUT2D eigenvalue weighted by molar-refractivity contribution is 6.64. The van der Waals surface area contributed by atoms with Crippen molar-refractivity contribution in [1.29, 1.82) is 0 Å². The van der Waals surface area contributed by atoms with Gasteiger partial charge in [0, 0.05) is 53.9 Å². The van der Waals surface area contributed by atoms with Crippen LogP contribution >= 0.6 is 0 Å². The van der Waals surface area contributed by atoms with Crippen LogP contribution in [0.25, 0.3) is 99.1 Å². The molecule has 2 aliphatic carbocycles. The Kier molecular flexibility index (Phi) is 34.3. The summed E-state index contributed by atoms with van der Waals surface area (Å²) >= 11 is 0. The van der Waals surface area contributed by atoms with Gasteiger partial charge >= 0.3 is 76.1 Å². The Bertz CT molecular complexity index is 7610. The Morgan fingerprint density at radius 2 is 0.577 bits per heavy atom. The summed E-state index contributed by atoms with van der Waals surface area (Å²) in [6.07, 6.45) is 4.70. The molecule has 18 aromatic rings. The van der Waals surface area contributed by atoms with Crippen molar-refractivity contribution < 1.29 is 149 Å². The molecule has 0 spiro atoms. The maximum atomic E-state index is 10.9. The summed E-state index contributed by atoms with van der Waals surface area (Å²) in [6, 6.07) is 45.8. The van der Waals surface area contributed by atoms with Gasteiger partial charge in [0.15, 0.2) is 85.2 Å². The maximum Gasteiger partial charge on any atom is 0.494 e. The standard InChI is InChI=1S/C16H21BN2O3.C14H19BN2O3.C10H11BN2O3.4C9H9BN2O4.C8H9BN2O3.C7H7BN2O3/c1-15(2)16(3,4)22-17(21-15)10-5-8-13-12(9-10)14(19-20-13)18-11-6-7-11;1-13(2)14(3,4)20-15(19-13)9-6-7-11-10(8-9)12(16-5)17-18-11;14-11(15)6-1-4-9-8(5-6)10(13-16-9)12-7-2-3-7;1-5(13)11-9-12-7-4-6(10(14)15)2-3-8(7)16-9;1-5(13)11-9-7-4-6(10(14)15)2-3-8(7)16-12-9;1-5(13)11-9-12-7-3-2-6(10(14)15)4-8(7)16-9;1-5(13)11-9-7-3-2-6(10(14)15)4-8(7)16-12-9;1-10-8-6-4-5(9(12)13)2-3-7(6)14-11-8;9-7-10-5-3-4(8(11)12)1-2-6(5)13-7/h5,8-9,11H,6-7H2,1-4H3,(H,18,19);6-8H,1-5H3,(H,16,17);1,4-5,7,14-15H,2-3H2,(H,12,13);4*2-4,14-15H,1H3,(H,11,12,13);2-4,12-13H,1H3,(H,10,11);1-3,11-12H,(H2,9,10). The molecular formula is C91H103B9N18O31. The van der Waals surface area contributed by atoms with Crippen molar-refractivity contribution >= 4 is 289 Å². The van der Waals surface area contributed by atoms with E-state index in [-0.39, 0.29) is 84.1 Å². The van der Waals surface area contributed by atoms with Gasteiger partial charge in [-0.2, -0.15) is 15.0 Å². The maximum absolute atomic E-state index is 10.9. The molecule has 58 heteroatoms. The summed E-state index contributed by atoms with van der Waals surface area (Å²) in [6.45, 7) is 21.8. The zero-order valence-corrected chi connectivity index (χ0v) is 82.6. The smallest absolute Gasteiger partial charge is 0.424 e. The van der Waals surface area contributed by atoms with E-state index >= 15 is 0 Å². The molecule has 2 saturated carbocycles. The van der Waals surface area contributed by atoms with Gasteiger partial charge in [-0.25, -0.2) is 0 Å². The molecule has 0 unspecified atom stereocenters. The minimum Gasteiger partial charge on any atom is -0.424 e. The summed E-state index contributed by atoms with van der Waals surface area (Å²) in [7, 11) is -7.86. The number of amides is 4. The highest BCUT2D eigenvalue weighted by Crippen LogP contribution is 2.40. The number of rotatable bonds is 19. The molecular weight excluding hydrogens is 1940 g/mol. The lowest BCUT2D eigenvalue weighted by molar-refractivity contribution is -0.115. The fourth-order valence-electron chi connectivity index (χ4n) is 14.3. The third kappa shape index (κ3) is 27.5. The van der Waals surface area contributed by atoms with E-state index in [0.717, 1.165) is 68.1 Å². The first-order chi connectivity index (χ1) is 70.6. The number of nitrogens with one attached hydrogen (secondary N) is 8. The molecule has 0 radical (unpaired) electrons. The van der Waals surface area contributed by atoms with Crippen molar-refractivity contribution in [2.75, 3.05) is 62.4 Å². The first-order valence-electron chi connectivity index (χ1n) is 46.2. The van der Waals surface area contributed by atoms with Crippen molar-refractivity contribution in [3.63, 3.8) is 0 Å². The summed E-state index contributed by atoms with van der Waals surface area (Å²) in [4.78, 5) is 55.1. The molecule has 22 rings (SSSR count). The van der Waals surface area contributed by atoms with Crippen molar-refractivity contribution in [3.8, 4) is 0 Å². The highest BCUT2D eigenvalue weighted by atomic mass is 16.7. The van der Waals surface area contributed by atoms with Gasteiger partial charge in [0.2, 0.25) is 23.6 Å². The number of nitrogens with two attached hydrogens (primary N) is 1. The number of benzene rings is 9. The third-order valence-electron chi connectivity index (χ3n) is 23.8. The van der Waals surface area contributed by atoms with E-state index in [1.54, 1.807) is 73.8 Å². The third-order valence-corrected chi connectivity index (χ3v) is 23.8. The second-order valence-electron chi connectivity index (χ2n) is 36.3. The molecule has 9 aromatic heterocycles. The Balaban J connectivity index is 0.000000133. The zero-order valence-electron chi connectivity index (χ0n) is 82.6. The molecule has 149 heavy (non-hydrogen) atoms. The van der Waals surface area contributed by atoms with Crippen molar-refractivity contribution in [3.05, 3.63) is 164 Å². The van der Waals surface area contributed by atoms with Gasteiger partial charge in [0.25, 0.3) is 6.01 Å². The first kappa shape index (κ1) is 110. The number of nitrogen functional groups attached to an aromatic ring is 1. The number of hydrogen-bond donors (Lipinski definition) is 23. The Labute approximate surface area is 848 Å². The normalized spacial score (nSPS) is 14.2. The fraction of sp³-hybridized carbons (Fsp3) is 0.264. The minimum atomic E-state index is -1.57. The van der Waals surface area contributed by atoms with E-state index in [0.29, 0.717) is 134 Å². The molecule has 0 bridgehead atoms. The largest absolute Gasteiger partial charge is 0.494 e. The quantitative estimate of drug-likeness (QED) is 0.0509. The predicted octanol–water partition coefficient (Wildman–Crippen LogP) is 1.46. The van der Waals surface area contributed by atoms with Crippen LogP contribution in [0.1, 0.15) is 109 Å². The van der Waals surface area contributed by atoms with Gasteiger partial charge in [0.05, 0.1) is 54.7 Å². The van der Waals surface area contributed by atoms with Gasteiger partial charge in [0.1, 0.15) is 16.6 Å². The minimum absolute atomic E-state index is 0.0691. The van der Waals surface area contributed by atoms with Crippen LogP contribution in [-0.4, -0.2) is 253 Å². The van der Waals surface area contributed by atoms with E-state index in [1.807, 2.05) is 65.1 Å². The molecule has 770 valence electrons. The van der Waals surface area contributed by atoms with Crippen molar-refractivity contribution in [2.24, 2.45) is 0 Å². The van der Waals surface area contributed by atoms with Crippen molar-refractivity contribution in [2.45, 2.75) is 143 Å². The van der Waals surface area contributed by atoms with Crippen LogP contribution < -0.4 is 97.4 Å². The molecule has 4 amide bonds. The first-order valence-corrected chi connectivity index (χ1v) is 46.2. The number of oxazole rings is 3. The number of carbonyl (C=O) groups excluding carboxylic acids is 4. The monoisotopic (exact) mass is 2040 g/mol. The molecule has 4 aliphatic rings. The zero-order chi connectivity index (χ0) is 108. The molecule has 2 aliphatic heterocycles. The second kappa shape index (κ2) is 46.6. The summed E-state index contributed by atoms with van der Waals surface area (Å²) in [5, 5.41) is 176. The SMILES string of the molecule is CC(=O)Nc1nc2cc(B(O)O)ccc2o1.CC(=O)Nc1nc2ccc(B(O)O)cc2o1.CC(=O)Nc1noc2cc(B(O)O)ccc12.CC(=O)Nc1noc2ccc(B(O)O)cc12.CC1(C)OB(c2ccc3onc(NC4CC4)c3c2)OC1(C)C.CNc1noc2ccc(B(O)O)cc12.CNc1noc2ccc(B3OC(C)(C)C(C)(C)O3)cc12.Nc1nc2cc(B(O)O)ccc2o1.OB(O)c1ccc2onc(NC3CC3)c2c1. The van der Waals surface area contributed by atoms with Gasteiger partial charge in [-0.1, -0.05) is 85.5 Å². The molecule has 11 heterocycles. The number of carbonyl (C=O) groups is 4. The van der Waals surface area contributed by atoms with Gasteiger partial charge in [-0.15, -0.1) is 0 Å². The van der Waals surface area contributed by atoms with Crippen LogP contribution in [0.3, 0.4) is 0 Å². The fourth-order valence-corrected chi connectivity index (χ4v) is 14.3. The van der Waals surface area contributed by atoms with E-state index < -0.39 is 49.8 Å². The number of anilines is 9.